The molecule has 0 amide bonds. The van der Waals surface area contributed by atoms with Gasteiger partial charge in [-0.3, -0.25) is 9.89 Å². The summed E-state index contributed by atoms with van der Waals surface area (Å²) in [5.41, 5.74) is 0. The van der Waals surface area contributed by atoms with E-state index in [0.717, 1.165) is 25.1 Å². The van der Waals surface area contributed by atoms with Crippen LogP contribution in [0.5, 0.6) is 0 Å². The van der Waals surface area contributed by atoms with Gasteiger partial charge in [0.15, 0.2) is 5.96 Å². The van der Waals surface area contributed by atoms with Crippen molar-refractivity contribution in [2.75, 3.05) is 46.3 Å². The molecule has 1 atom stereocenters. The van der Waals surface area contributed by atoms with E-state index in [-0.39, 0.29) is 0 Å². The summed E-state index contributed by atoms with van der Waals surface area (Å²) in [6.45, 7) is 7.13. The number of guanidine groups is 1. The quantitative estimate of drug-likeness (QED) is 0.568. The van der Waals surface area contributed by atoms with Crippen LogP contribution in [0.3, 0.4) is 0 Å². The third-order valence-electron chi connectivity index (χ3n) is 4.77. The minimum absolute atomic E-state index is 0.577. The molecule has 3 rings (SSSR count). The van der Waals surface area contributed by atoms with Crippen molar-refractivity contribution < 1.29 is 0 Å². The van der Waals surface area contributed by atoms with Crippen LogP contribution in [0.15, 0.2) is 4.99 Å². The Kier molecular flexibility index (Phi) is 4.78. The summed E-state index contributed by atoms with van der Waals surface area (Å²) < 4.78 is 0. The molecule has 3 aliphatic rings. The zero-order valence-corrected chi connectivity index (χ0v) is 12.8. The van der Waals surface area contributed by atoms with Crippen LogP contribution < -0.4 is 10.6 Å². The Morgan fingerprint density at radius 1 is 1.15 bits per heavy atom. The number of hydrogen-bond donors (Lipinski definition) is 2. The highest BCUT2D eigenvalue weighted by molar-refractivity contribution is 5.80. The van der Waals surface area contributed by atoms with E-state index < -0.39 is 0 Å². The minimum Gasteiger partial charge on any atom is -0.355 e. The summed E-state index contributed by atoms with van der Waals surface area (Å²) in [5.74, 6) is 0.979. The van der Waals surface area contributed by atoms with E-state index in [0.29, 0.717) is 6.04 Å². The van der Waals surface area contributed by atoms with E-state index in [1.54, 1.807) is 0 Å². The Balaban J connectivity index is 1.34. The lowest BCUT2D eigenvalue weighted by Gasteiger charge is -2.20. The first-order chi connectivity index (χ1) is 9.85. The molecule has 0 aromatic rings. The molecule has 0 radical (unpaired) electrons. The molecule has 20 heavy (non-hydrogen) atoms. The van der Waals surface area contributed by atoms with E-state index >= 15 is 0 Å². The maximum Gasteiger partial charge on any atom is 0.191 e. The molecular weight excluding hydrogens is 250 g/mol. The number of aliphatic imine (C=N–C) groups is 1. The maximum atomic E-state index is 4.36. The zero-order chi connectivity index (χ0) is 13.8. The Hall–Kier alpha value is -0.810. The molecule has 0 aromatic heterocycles. The van der Waals surface area contributed by atoms with E-state index in [1.165, 1.54) is 58.3 Å². The van der Waals surface area contributed by atoms with Gasteiger partial charge >= 0.3 is 0 Å². The first-order valence-corrected chi connectivity index (χ1v) is 8.29. The zero-order valence-electron chi connectivity index (χ0n) is 12.8. The van der Waals surface area contributed by atoms with E-state index in [9.17, 15) is 0 Å². The van der Waals surface area contributed by atoms with Crippen molar-refractivity contribution in [3.8, 4) is 0 Å². The molecule has 1 unspecified atom stereocenters. The topological polar surface area (TPSA) is 42.9 Å². The number of nitrogens with one attached hydrogen (secondary N) is 2. The summed E-state index contributed by atoms with van der Waals surface area (Å²) in [6, 6.07) is 1.47. The minimum atomic E-state index is 0.577. The van der Waals surface area contributed by atoms with Crippen LogP contribution in [0, 0.1) is 0 Å². The lowest BCUT2D eigenvalue weighted by Crippen LogP contribution is -2.46. The molecule has 1 aliphatic carbocycles. The third-order valence-corrected chi connectivity index (χ3v) is 4.77. The van der Waals surface area contributed by atoms with Crippen LogP contribution in [0.2, 0.25) is 0 Å². The molecule has 2 aliphatic heterocycles. The predicted octanol–water partition coefficient (Wildman–Crippen LogP) is 0.484. The van der Waals surface area contributed by atoms with Crippen LogP contribution in [0.25, 0.3) is 0 Å². The van der Waals surface area contributed by atoms with Gasteiger partial charge in [-0.15, -0.1) is 0 Å². The van der Waals surface area contributed by atoms with Crippen molar-refractivity contribution in [1.29, 1.82) is 0 Å². The number of nitrogens with zero attached hydrogens (tertiary/aromatic N) is 3. The largest absolute Gasteiger partial charge is 0.355 e. The second-order valence-electron chi connectivity index (χ2n) is 6.40. The Morgan fingerprint density at radius 2 is 1.95 bits per heavy atom. The van der Waals surface area contributed by atoms with Crippen LogP contribution in [-0.2, 0) is 0 Å². The average molecular weight is 279 g/mol. The van der Waals surface area contributed by atoms with Crippen LogP contribution >= 0.6 is 0 Å². The molecule has 0 bridgehead atoms. The highest BCUT2D eigenvalue weighted by Gasteiger charge is 2.34. The lowest BCUT2D eigenvalue weighted by molar-refractivity contribution is 0.321. The Morgan fingerprint density at radius 3 is 2.65 bits per heavy atom. The summed E-state index contributed by atoms with van der Waals surface area (Å²) in [7, 11) is 1.87. The molecule has 114 valence electrons. The fraction of sp³-hybridized carbons (Fsp3) is 0.933. The molecule has 3 fully saturated rings. The molecule has 2 heterocycles. The first-order valence-electron chi connectivity index (χ1n) is 8.29. The molecule has 5 nitrogen and oxygen atoms in total. The standard InChI is InChI=1S/C15H29N5/c1-16-15(17-7-11-19-8-2-3-9-19)18-13-6-10-20(12-13)14-4-5-14/h13-14H,2-12H2,1H3,(H2,16,17,18). The normalized spacial score (nSPS) is 29.1. The van der Waals surface area contributed by atoms with Gasteiger partial charge in [0.1, 0.15) is 0 Å². The smallest absolute Gasteiger partial charge is 0.191 e. The SMILES string of the molecule is CN=C(NCCN1CCCC1)NC1CCN(C2CC2)C1. The van der Waals surface area contributed by atoms with Gasteiger partial charge in [-0.1, -0.05) is 0 Å². The van der Waals surface area contributed by atoms with Gasteiger partial charge in [0.25, 0.3) is 0 Å². The van der Waals surface area contributed by atoms with Gasteiger partial charge in [0.2, 0.25) is 0 Å². The van der Waals surface area contributed by atoms with Crippen LogP contribution in [0.4, 0.5) is 0 Å². The van der Waals surface area contributed by atoms with Crippen molar-refractivity contribution in [2.24, 2.45) is 4.99 Å². The van der Waals surface area contributed by atoms with Gasteiger partial charge in [-0.25, -0.2) is 0 Å². The monoisotopic (exact) mass is 279 g/mol. The number of hydrogen-bond acceptors (Lipinski definition) is 3. The molecule has 1 saturated carbocycles. The third kappa shape index (κ3) is 3.85. The van der Waals surface area contributed by atoms with Gasteiger partial charge < -0.3 is 15.5 Å². The van der Waals surface area contributed by atoms with Crippen molar-refractivity contribution in [3.05, 3.63) is 0 Å². The molecule has 0 spiro atoms. The second-order valence-corrected chi connectivity index (χ2v) is 6.40. The lowest BCUT2D eigenvalue weighted by atomic mass is 10.3. The van der Waals surface area contributed by atoms with E-state index in [1.807, 2.05) is 7.05 Å². The molecule has 2 N–H and O–H groups in total. The Bertz CT molecular complexity index is 333. The fourth-order valence-corrected chi connectivity index (χ4v) is 3.40. The van der Waals surface area contributed by atoms with Crippen molar-refractivity contribution in [1.82, 2.24) is 20.4 Å². The summed E-state index contributed by atoms with van der Waals surface area (Å²) in [5, 5.41) is 7.04. The molecule has 0 aromatic carbocycles. The van der Waals surface area contributed by atoms with Gasteiger partial charge in [0, 0.05) is 45.3 Å². The highest BCUT2D eigenvalue weighted by Crippen LogP contribution is 2.29. The summed E-state index contributed by atoms with van der Waals surface area (Å²) in [6.07, 6.45) is 6.81. The van der Waals surface area contributed by atoms with Crippen molar-refractivity contribution in [2.45, 2.75) is 44.2 Å². The van der Waals surface area contributed by atoms with Gasteiger partial charge in [-0.05, 0) is 45.2 Å². The summed E-state index contributed by atoms with van der Waals surface area (Å²) in [4.78, 5) is 9.53. The van der Waals surface area contributed by atoms with Gasteiger partial charge in [0.05, 0.1) is 0 Å². The van der Waals surface area contributed by atoms with E-state index in [2.05, 4.69) is 25.4 Å². The van der Waals surface area contributed by atoms with Crippen molar-refractivity contribution in [3.63, 3.8) is 0 Å². The maximum absolute atomic E-state index is 4.36. The molecular formula is C15H29N5. The predicted molar refractivity (Wildman–Crippen MR) is 83.2 cm³/mol. The average Bonchev–Trinajstić information content (AvgIpc) is 2.99. The summed E-state index contributed by atoms with van der Waals surface area (Å²) >= 11 is 0. The van der Waals surface area contributed by atoms with Crippen molar-refractivity contribution >= 4 is 5.96 Å². The number of likely N-dealkylation sites (tertiary alicyclic amines) is 2. The first kappa shape index (κ1) is 14.1. The van der Waals surface area contributed by atoms with Crippen LogP contribution in [-0.4, -0.2) is 74.2 Å². The van der Waals surface area contributed by atoms with Gasteiger partial charge in [-0.2, -0.15) is 0 Å². The number of rotatable bonds is 5. The molecule has 2 saturated heterocycles. The highest BCUT2D eigenvalue weighted by atomic mass is 15.3. The Labute approximate surface area is 122 Å². The van der Waals surface area contributed by atoms with Crippen LogP contribution in [0.1, 0.15) is 32.1 Å². The van der Waals surface area contributed by atoms with E-state index in [4.69, 9.17) is 0 Å². The molecule has 5 heteroatoms. The fourth-order valence-electron chi connectivity index (χ4n) is 3.40. The second kappa shape index (κ2) is 6.76.